The second-order valence-corrected chi connectivity index (χ2v) is 12.5. The molecule has 2 heterocycles. The molecule has 2 aromatic heterocycles. The van der Waals surface area contributed by atoms with Crippen molar-refractivity contribution in [3.63, 3.8) is 0 Å². The van der Waals surface area contributed by atoms with Crippen LogP contribution in [0.25, 0.3) is 11.1 Å². The van der Waals surface area contributed by atoms with E-state index in [1.807, 2.05) is 6.07 Å². The summed E-state index contributed by atoms with van der Waals surface area (Å²) < 4.78 is 38.3. The number of halogens is 1. The molecule has 3 aliphatic carbocycles. The van der Waals surface area contributed by atoms with Gasteiger partial charge in [-0.3, -0.25) is 9.59 Å². The minimum atomic E-state index is -4.16. The van der Waals surface area contributed by atoms with Crippen molar-refractivity contribution in [2.24, 2.45) is 11.3 Å². The Morgan fingerprint density at radius 3 is 2.53 bits per heavy atom. The van der Waals surface area contributed by atoms with Crippen molar-refractivity contribution >= 4 is 44.5 Å². The second-order valence-electron chi connectivity index (χ2n) is 10.4. The molecule has 3 saturated carbocycles. The molecule has 0 radical (unpaired) electrons. The summed E-state index contributed by atoms with van der Waals surface area (Å²) >= 11 is 6.03. The van der Waals surface area contributed by atoms with E-state index in [-0.39, 0.29) is 29.1 Å². The third kappa shape index (κ3) is 4.30. The zero-order chi connectivity index (χ0) is 25.1. The Bertz CT molecular complexity index is 1440. The average Bonchev–Trinajstić information content (AvgIpc) is 3.54. The first kappa shape index (κ1) is 23.5. The van der Waals surface area contributed by atoms with Crippen molar-refractivity contribution in [1.82, 2.24) is 15.0 Å². The fourth-order valence-electron chi connectivity index (χ4n) is 5.97. The van der Waals surface area contributed by atoms with Crippen LogP contribution >= 0.6 is 11.6 Å². The molecule has 3 fully saturated rings. The monoisotopic (exact) mass is 531 g/mol. The predicted octanol–water partition coefficient (Wildman–Crippen LogP) is 4.53. The van der Waals surface area contributed by atoms with Crippen molar-refractivity contribution in [1.29, 1.82) is 0 Å². The zero-order valence-electron chi connectivity index (χ0n) is 19.5. The van der Waals surface area contributed by atoms with Crippen molar-refractivity contribution in [2.45, 2.75) is 68.4 Å². The highest BCUT2D eigenvalue weighted by Gasteiger charge is 2.54. The van der Waals surface area contributed by atoms with Crippen molar-refractivity contribution in [2.75, 3.05) is 0 Å². The second kappa shape index (κ2) is 8.62. The van der Waals surface area contributed by atoms with Crippen molar-refractivity contribution < 1.29 is 26.8 Å². The first-order chi connectivity index (χ1) is 17.2. The molecule has 0 saturated heterocycles. The first-order valence-electron chi connectivity index (χ1n) is 12.2. The Balaban J connectivity index is 1.01. The van der Waals surface area contributed by atoms with Gasteiger partial charge in [0.1, 0.15) is 5.52 Å². The molecule has 0 aliphatic heterocycles. The van der Waals surface area contributed by atoms with Gasteiger partial charge in [-0.25, -0.2) is 9.71 Å². The summed E-state index contributed by atoms with van der Waals surface area (Å²) in [5.41, 5.74) is 1.66. The number of furan rings is 1. The molecule has 3 aromatic rings. The van der Waals surface area contributed by atoms with E-state index in [9.17, 15) is 18.0 Å². The molecule has 6 rings (SSSR count). The molecule has 36 heavy (non-hydrogen) atoms. The van der Waals surface area contributed by atoms with Gasteiger partial charge in [-0.05, 0) is 74.3 Å². The van der Waals surface area contributed by atoms with Crippen molar-refractivity contribution in [3.05, 3.63) is 47.0 Å². The maximum atomic E-state index is 12.6. The summed E-state index contributed by atoms with van der Waals surface area (Å²) in [6.45, 7) is 0. The molecule has 0 unspecified atom stereocenters. The topological polar surface area (TPSA) is 132 Å². The zero-order valence-corrected chi connectivity index (χ0v) is 21.0. The number of aromatic nitrogens is 1. The highest BCUT2D eigenvalue weighted by Crippen LogP contribution is 2.61. The predicted molar refractivity (Wildman–Crippen MR) is 130 cm³/mol. The van der Waals surface area contributed by atoms with Gasteiger partial charge in [-0.1, -0.05) is 24.4 Å². The Morgan fingerprint density at radius 2 is 1.78 bits per heavy atom. The number of sulfonamides is 1. The lowest BCUT2D eigenvalue weighted by Crippen LogP contribution is -2.55. The summed E-state index contributed by atoms with van der Waals surface area (Å²) in [7, 11) is -4.16. The summed E-state index contributed by atoms with van der Waals surface area (Å²) in [4.78, 5) is 29.4. The summed E-state index contributed by atoms with van der Waals surface area (Å²) in [6, 6.07) is 7.91. The summed E-state index contributed by atoms with van der Waals surface area (Å²) in [5.74, 6) is -0.392. The Morgan fingerprint density at radius 1 is 1.03 bits per heavy atom. The van der Waals surface area contributed by atoms with E-state index in [1.165, 1.54) is 12.1 Å². The van der Waals surface area contributed by atoms with Gasteiger partial charge >= 0.3 is 0 Å². The lowest BCUT2D eigenvalue weighted by molar-refractivity contribution is -0.123. The van der Waals surface area contributed by atoms with Crippen LogP contribution in [0.1, 0.15) is 73.7 Å². The molecule has 0 atom stereocenters. The fraction of sp³-hybridized carbons (Fsp3) is 0.480. The van der Waals surface area contributed by atoms with E-state index >= 15 is 0 Å². The van der Waals surface area contributed by atoms with Crippen LogP contribution in [0.5, 0.6) is 0 Å². The van der Waals surface area contributed by atoms with Gasteiger partial charge in [0.2, 0.25) is 11.0 Å². The van der Waals surface area contributed by atoms with Crippen LogP contribution in [0.2, 0.25) is 5.02 Å². The molecular formula is C25H26ClN3O6S. The molecule has 2 N–H and O–H groups in total. The molecule has 11 heteroatoms. The van der Waals surface area contributed by atoms with Crippen LogP contribution in [0.15, 0.2) is 44.3 Å². The van der Waals surface area contributed by atoms with Crippen LogP contribution in [0, 0.1) is 11.3 Å². The number of benzene rings is 1. The summed E-state index contributed by atoms with van der Waals surface area (Å²) in [5, 5.41) is 3.11. The van der Waals surface area contributed by atoms with Gasteiger partial charge in [0, 0.05) is 22.9 Å². The Hall–Kier alpha value is -2.85. The minimum absolute atomic E-state index is 0.00637. The van der Waals surface area contributed by atoms with E-state index in [0.29, 0.717) is 17.9 Å². The lowest BCUT2D eigenvalue weighted by Gasteiger charge is -2.57. The molecule has 2 amide bonds. The van der Waals surface area contributed by atoms with Gasteiger partial charge < -0.3 is 14.2 Å². The standard InChI is InChI=1S/C25H26ClN3O6S/c26-16-5-6-19-18(9-16)28-24(35-19)15-10-25(11-15)12-17(13-25)27-23(31)20-7-8-21(34-20)36(32,33)29-22(30)14-3-1-2-4-14/h5-9,14-15,17H,1-4,10-13H2,(H,27,31)(H,29,30). The van der Waals surface area contributed by atoms with Gasteiger partial charge in [0.15, 0.2) is 17.2 Å². The largest absolute Gasteiger partial charge is 0.440 e. The lowest BCUT2D eigenvalue weighted by atomic mass is 9.50. The van der Waals surface area contributed by atoms with Crippen LogP contribution in [0.3, 0.4) is 0 Å². The highest BCUT2D eigenvalue weighted by molar-refractivity contribution is 7.89. The van der Waals surface area contributed by atoms with Crippen LogP contribution in [0.4, 0.5) is 0 Å². The van der Waals surface area contributed by atoms with Gasteiger partial charge in [-0.2, -0.15) is 8.42 Å². The number of nitrogens with one attached hydrogen (secondary N) is 2. The third-order valence-corrected chi connectivity index (χ3v) is 9.25. The number of fused-ring (bicyclic) bond motifs is 1. The van der Waals surface area contributed by atoms with E-state index in [1.54, 1.807) is 12.1 Å². The minimum Gasteiger partial charge on any atom is -0.440 e. The number of nitrogens with zero attached hydrogens (tertiary/aromatic N) is 1. The number of carbonyl (C=O) groups is 2. The number of rotatable bonds is 6. The Labute approximate surface area is 213 Å². The SMILES string of the molecule is O=C(NC1CC2(C1)CC(c1nc3cc(Cl)ccc3o1)C2)c1ccc(S(=O)(=O)NC(=O)C2CCCC2)o1. The van der Waals surface area contributed by atoms with Gasteiger partial charge in [0.05, 0.1) is 0 Å². The number of carbonyl (C=O) groups excluding carboxylic acids is 2. The maximum absolute atomic E-state index is 12.6. The molecule has 1 aromatic carbocycles. The van der Waals surface area contributed by atoms with Crippen LogP contribution < -0.4 is 10.0 Å². The molecular weight excluding hydrogens is 506 g/mol. The molecule has 1 spiro atoms. The van der Waals surface area contributed by atoms with Crippen LogP contribution in [-0.2, 0) is 14.8 Å². The fourth-order valence-corrected chi connectivity index (χ4v) is 7.12. The third-order valence-electron chi connectivity index (χ3n) is 7.80. The van der Waals surface area contributed by atoms with E-state index in [2.05, 4.69) is 15.0 Å². The average molecular weight is 532 g/mol. The first-order valence-corrected chi connectivity index (χ1v) is 14.1. The normalized spacial score (nSPS) is 26.0. The quantitative estimate of drug-likeness (QED) is 0.477. The molecule has 190 valence electrons. The summed E-state index contributed by atoms with van der Waals surface area (Å²) in [6.07, 6.45) is 6.76. The van der Waals surface area contributed by atoms with E-state index in [4.69, 9.17) is 20.4 Å². The molecule has 9 nitrogen and oxygen atoms in total. The number of hydrogen-bond acceptors (Lipinski definition) is 7. The van der Waals surface area contributed by atoms with Crippen LogP contribution in [-0.4, -0.2) is 31.3 Å². The van der Waals surface area contributed by atoms with E-state index in [0.717, 1.165) is 55.5 Å². The number of hydrogen-bond donors (Lipinski definition) is 2. The molecule has 0 bridgehead atoms. The molecule has 3 aliphatic rings. The maximum Gasteiger partial charge on any atom is 0.297 e. The van der Waals surface area contributed by atoms with E-state index < -0.39 is 26.9 Å². The highest BCUT2D eigenvalue weighted by atomic mass is 35.5. The number of amides is 2. The van der Waals surface area contributed by atoms with Crippen molar-refractivity contribution in [3.8, 4) is 0 Å². The van der Waals surface area contributed by atoms with Gasteiger partial charge in [-0.15, -0.1) is 0 Å². The van der Waals surface area contributed by atoms with Gasteiger partial charge in [0.25, 0.3) is 15.9 Å². The smallest absolute Gasteiger partial charge is 0.297 e. The Kier molecular flexibility index (Phi) is 5.64. The number of oxazole rings is 1.